The molecule has 0 fully saturated rings. The number of hydrogen-bond acceptors (Lipinski definition) is 9. The van der Waals surface area contributed by atoms with Crippen molar-refractivity contribution >= 4 is 118 Å². The maximum absolute atomic E-state index is 14.5. The third-order valence-corrected chi connectivity index (χ3v) is 13.9. The van der Waals surface area contributed by atoms with Crippen molar-refractivity contribution < 1.29 is 60.0 Å². The Morgan fingerprint density at radius 1 is 0.391 bits per heavy atom. The highest BCUT2D eigenvalue weighted by atomic mass is 19.1. The van der Waals surface area contributed by atoms with Crippen LogP contribution in [0.3, 0.4) is 0 Å². The van der Waals surface area contributed by atoms with Gasteiger partial charge in [-0.3, -0.25) is 14.4 Å². The Morgan fingerprint density at radius 2 is 0.747 bits per heavy atom. The summed E-state index contributed by atoms with van der Waals surface area (Å²) in [5, 5.41) is 8.25. The standard InChI is InChI=1S/C25H23N3O2.C23H17F2N3O2.C19H17F2N3O2.CH4/c1-16-9-11-20-22(14-16)28(19-7-5-4-6-8-19)23-15-17(2)13-21(25(23)27-20)26-24(30)12-10-18(3)29;1-14(29)7-10-22(30)26-19-11-16(25)13-21-23(19)27-18-9-8-15(24)12-20(18)28(21)17-5-3-2-4-6-17;1-3-24-16-9-12(20)5-6-14(16)23-19-15(8-13(21)10-17(19)24)22-18(26)7-4-11(2)25;/h4-9,11,13-15H,10,12H2,1-3H3;2-6,8-9,11-13H,7,10H2,1H3;5-6,8-10H,3-4,7H2,1-2H3;1H4/p+3. The molecule has 0 bridgehead atoms. The van der Waals surface area contributed by atoms with Gasteiger partial charge in [0.05, 0.1) is 17.1 Å². The van der Waals surface area contributed by atoms with Crippen LogP contribution in [0, 0.1) is 37.1 Å². The zero-order valence-corrected chi connectivity index (χ0v) is 48.0. The molecule has 15 nitrogen and oxygen atoms in total. The molecule has 0 atom stereocenters. The Bertz CT molecular complexity index is 4310. The van der Waals surface area contributed by atoms with Gasteiger partial charge in [-0.1, -0.05) is 49.9 Å². The van der Waals surface area contributed by atoms with Crippen LogP contribution in [0.2, 0.25) is 0 Å². The number of carbonyl (C=O) groups is 6. The van der Waals surface area contributed by atoms with Crippen LogP contribution < -0.4 is 29.7 Å². The molecule has 11 aromatic rings. The van der Waals surface area contributed by atoms with Gasteiger partial charge < -0.3 is 30.3 Å². The molecule has 3 N–H and O–H groups in total. The number of halogens is 4. The first-order valence-electron chi connectivity index (χ1n) is 27.8. The van der Waals surface area contributed by atoms with E-state index in [1.165, 1.54) is 75.4 Å². The molecule has 0 radical (unpaired) electrons. The van der Waals surface area contributed by atoms with Gasteiger partial charge in [0.2, 0.25) is 62.2 Å². The second kappa shape index (κ2) is 27.6. The van der Waals surface area contributed by atoms with Gasteiger partial charge in [0.25, 0.3) is 0 Å². The summed E-state index contributed by atoms with van der Waals surface area (Å²) in [6.07, 6.45) is 0.610. The van der Waals surface area contributed by atoms with Gasteiger partial charge in [-0.15, -0.1) is 9.13 Å². The third-order valence-electron chi connectivity index (χ3n) is 13.9. The average molecular weight is 1180 g/mol. The van der Waals surface area contributed by atoms with Crippen LogP contribution >= 0.6 is 0 Å². The Labute approximate surface area is 498 Å². The molecule has 19 heteroatoms. The molecule has 3 amide bonds. The number of ketones is 3. The summed E-state index contributed by atoms with van der Waals surface area (Å²) in [4.78, 5) is 84.1. The second-order valence-electron chi connectivity index (χ2n) is 20.8. The highest BCUT2D eigenvalue weighted by Crippen LogP contribution is 2.29. The molecule has 0 aliphatic carbocycles. The number of nitrogens with one attached hydrogen (secondary N) is 3. The number of benzene rings is 8. The number of rotatable bonds is 15. The Morgan fingerprint density at radius 3 is 1.20 bits per heavy atom. The molecule has 0 aliphatic rings. The summed E-state index contributed by atoms with van der Waals surface area (Å²) < 4.78 is 61.9. The molecule has 0 saturated heterocycles. The van der Waals surface area contributed by atoms with Crippen LogP contribution in [-0.4, -0.2) is 50.0 Å². The summed E-state index contributed by atoms with van der Waals surface area (Å²) in [6.45, 7) is 10.7. The monoisotopic (exact) mass is 1180 g/mol. The molecule has 11 rings (SSSR count). The number of nitrogens with zero attached hydrogens (tertiary/aromatic N) is 6. The number of carbonyl (C=O) groups excluding carboxylic acids is 6. The van der Waals surface area contributed by atoms with E-state index in [4.69, 9.17) is 4.98 Å². The maximum Gasteiger partial charge on any atom is 0.242 e. The molecule has 0 saturated carbocycles. The summed E-state index contributed by atoms with van der Waals surface area (Å²) in [5.74, 6) is -3.17. The number of aromatic nitrogens is 6. The van der Waals surface area contributed by atoms with Gasteiger partial charge in [-0.2, -0.15) is 4.57 Å². The van der Waals surface area contributed by atoms with E-state index in [2.05, 4.69) is 61.7 Å². The van der Waals surface area contributed by atoms with Crippen LogP contribution in [0.1, 0.15) is 84.8 Å². The fraction of sp³-hybridized carbons (Fsp3) is 0.206. The van der Waals surface area contributed by atoms with Crippen LogP contribution in [0.25, 0.3) is 77.6 Å². The zero-order valence-electron chi connectivity index (χ0n) is 48.0. The minimum atomic E-state index is -0.577. The van der Waals surface area contributed by atoms with Gasteiger partial charge >= 0.3 is 0 Å². The molecule has 0 spiro atoms. The molecule has 0 aliphatic heterocycles. The fourth-order valence-electron chi connectivity index (χ4n) is 9.91. The first kappa shape index (κ1) is 62.7. The van der Waals surface area contributed by atoms with Crippen molar-refractivity contribution in [2.75, 3.05) is 16.0 Å². The summed E-state index contributed by atoms with van der Waals surface area (Å²) >= 11 is 0. The van der Waals surface area contributed by atoms with Crippen molar-refractivity contribution in [1.82, 2.24) is 15.0 Å². The van der Waals surface area contributed by atoms with Crippen LogP contribution in [0.15, 0.2) is 152 Å². The van der Waals surface area contributed by atoms with Crippen molar-refractivity contribution in [2.45, 2.75) is 94.0 Å². The highest BCUT2D eigenvalue weighted by molar-refractivity contribution is 6.03. The van der Waals surface area contributed by atoms with E-state index in [1.54, 1.807) is 15.2 Å². The molecular formula is C68H64F4N9O6+3. The Kier molecular flexibility index (Phi) is 19.9. The van der Waals surface area contributed by atoms with Gasteiger partial charge in [0.1, 0.15) is 63.7 Å². The van der Waals surface area contributed by atoms with Crippen molar-refractivity contribution in [3.63, 3.8) is 0 Å². The first-order chi connectivity index (χ1) is 41.2. The van der Waals surface area contributed by atoms with Crippen molar-refractivity contribution in [1.29, 1.82) is 0 Å². The molecule has 0 unspecified atom stereocenters. The van der Waals surface area contributed by atoms with E-state index in [-0.39, 0.29) is 80.6 Å². The van der Waals surface area contributed by atoms with Gasteiger partial charge in [-0.05, 0) is 89.1 Å². The van der Waals surface area contributed by atoms with Gasteiger partial charge in [0.15, 0.2) is 16.6 Å². The first-order valence-corrected chi connectivity index (χ1v) is 27.8. The lowest BCUT2D eigenvalue weighted by molar-refractivity contribution is -0.641. The number of aryl methyl sites for hydroxylation is 3. The van der Waals surface area contributed by atoms with Crippen LogP contribution in [0.5, 0.6) is 0 Å². The lowest BCUT2D eigenvalue weighted by Gasteiger charge is -2.11. The smallest absolute Gasteiger partial charge is 0.242 e. The van der Waals surface area contributed by atoms with Crippen molar-refractivity contribution in [3.05, 3.63) is 186 Å². The van der Waals surface area contributed by atoms with E-state index in [1.807, 2.05) is 80.6 Å². The fourth-order valence-corrected chi connectivity index (χ4v) is 9.91. The highest BCUT2D eigenvalue weighted by Gasteiger charge is 2.26. The maximum atomic E-state index is 14.5. The lowest BCUT2D eigenvalue weighted by atomic mass is 10.1. The molecule has 442 valence electrons. The van der Waals surface area contributed by atoms with E-state index in [9.17, 15) is 46.3 Å². The number of amides is 3. The predicted molar refractivity (Wildman–Crippen MR) is 328 cm³/mol. The lowest BCUT2D eigenvalue weighted by Crippen LogP contribution is -2.35. The Hall–Kier alpha value is -10.3. The molecule has 8 aromatic carbocycles. The second-order valence-corrected chi connectivity index (χ2v) is 20.8. The van der Waals surface area contributed by atoms with E-state index in [0.717, 1.165) is 38.9 Å². The molecule has 3 aromatic heterocycles. The minimum Gasteiger partial charge on any atom is -0.324 e. The van der Waals surface area contributed by atoms with Crippen LogP contribution in [-0.2, 0) is 35.3 Å². The topological polar surface area (TPSA) is 189 Å². The number of hydrogen-bond donors (Lipinski definition) is 3. The summed E-state index contributed by atoms with van der Waals surface area (Å²) in [7, 11) is 0. The van der Waals surface area contributed by atoms with Gasteiger partial charge in [0, 0.05) is 111 Å². The van der Waals surface area contributed by atoms with Gasteiger partial charge in [-0.25, -0.2) is 32.5 Å². The SMILES string of the molecule is C.CC(=O)CCC(=O)Nc1cc(C)cc2c1nc1ccc(C)cc1[n+]2-c1ccccc1.CC(=O)CCC(=O)Nc1cc(F)cc2c1nc1ccc(F)cc1[n+]2-c1ccccc1.CC[n+]1c2cc(F)ccc2nc2c(NC(=O)CCC(C)=O)cc(F)cc21. The summed E-state index contributed by atoms with van der Waals surface area (Å²) in [5.41, 5.74) is 12.1. The van der Waals surface area contributed by atoms with Crippen LogP contribution in [0.4, 0.5) is 34.6 Å². The summed E-state index contributed by atoms with van der Waals surface area (Å²) in [6, 6.07) is 42.8. The molecule has 3 heterocycles. The van der Waals surface area contributed by atoms with E-state index < -0.39 is 35.1 Å². The number of Topliss-reactive ketones (excluding diaryl/α,β-unsaturated/α-hetero) is 3. The van der Waals surface area contributed by atoms with Crippen molar-refractivity contribution in [2.24, 2.45) is 0 Å². The third kappa shape index (κ3) is 15.0. The van der Waals surface area contributed by atoms with Crippen molar-refractivity contribution in [3.8, 4) is 11.4 Å². The normalized spacial score (nSPS) is 10.9. The number of para-hydroxylation sites is 2. The molecule has 87 heavy (non-hydrogen) atoms. The van der Waals surface area contributed by atoms with E-state index >= 15 is 0 Å². The number of fused-ring (bicyclic) bond motifs is 6. The average Bonchev–Trinajstić information content (AvgIpc) is 0.924. The quantitative estimate of drug-likeness (QED) is 0.0510. The Balaban J connectivity index is 0.000000169. The van der Waals surface area contributed by atoms with E-state index in [0.29, 0.717) is 62.1 Å². The minimum absolute atomic E-state index is 0. The zero-order chi connectivity index (χ0) is 61.3. The largest absolute Gasteiger partial charge is 0.324 e. The molecular weight excluding hydrogens is 1110 g/mol. The predicted octanol–water partition coefficient (Wildman–Crippen LogP) is 12.8. The number of anilines is 3.